The summed E-state index contributed by atoms with van der Waals surface area (Å²) in [5.41, 5.74) is 0. The molecule has 12 heavy (non-hydrogen) atoms. The van der Waals surface area contributed by atoms with Crippen molar-refractivity contribution in [1.29, 1.82) is 0 Å². The molecule has 0 aliphatic carbocycles. The van der Waals surface area contributed by atoms with Crippen LogP contribution in [0.15, 0.2) is 0 Å². The Kier molecular flexibility index (Phi) is 3.09. The summed E-state index contributed by atoms with van der Waals surface area (Å²) in [6.45, 7) is 7.13. The molecule has 1 rings (SSSR count). The molecule has 0 bridgehead atoms. The molecule has 0 N–H and O–H groups in total. The Hall–Kier alpha value is -0.570. The average Bonchev–Trinajstić information content (AvgIpc) is 2.03. The summed E-state index contributed by atoms with van der Waals surface area (Å²) in [5.74, 6) is 0.128. The van der Waals surface area contributed by atoms with Crippen molar-refractivity contribution in [3.63, 3.8) is 0 Å². The predicted octanol–water partition coefficient (Wildman–Crippen LogP) is 1.03. The number of rotatable bonds is 2. The maximum Gasteiger partial charge on any atom is 0.249 e. The van der Waals surface area contributed by atoms with Gasteiger partial charge < -0.3 is 9.64 Å². The summed E-state index contributed by atoms with van der Waals surface area (Å²) in [5, 5.41) is 0. The van der Waals surface area contributed by atoms with Crippen molar-refractivity contribution in [3.8, 4) is 0 Å². The van der Waals surface area contributed by atoms with Crippen LogP contribution < -0.4 is 0 Å². The van der Waals surface area contributed by atoms with E-state index >= 15 is 0 Å². The van der Waals surface area contributed by atoms with Crippen molar-refractivity contribution in [3.05, 3.63) is 0 Å². The monoisotopic (exact) mass is 171 g/mol. The number of hydrogen-bond donors (Lipinski definition) is 0. The Balaban J connectivity index is 2.66. The van der Waals surface area contributed by atoms with Crippen LogP contribution in [0.1, 0.15) is 27.2 Å². The molecular weight excluding hydrogens is 154 g/mol. The Morgan fingerprint density at radius 2 is 2.33 bits per heavy atom. The molecule has 1 saturated heterocycles. The van der Waals surface area contributed by atoms with E-state index in [1.54, 1.807) is 0 Å². The average molecular weight is 171 g/mol. The van der Waals surface area contributed by atoms with Crippen LogP contribution in [-0.2, 0) is 9.53 Å². The largest absolute Gasteiger partial charge is 0.369 e. The quantitative estimate of drug-likeness (QED) is 0.621. The van der Waals surface area contributed by atoms with Gasteiger partial charge in [0.2, 0.25) is 5.91 Å². The molecule has 1 atom stereocenters. The van der Waals surface area contributed by atoms with Gasteiger partial charge in [-0.15, -0.1) is 0 Å². The van der Waals surface area contributed by atoms with Crippen LogP contribution in [-0.4, -0.2) is 36.1 Å². The van der Waals surface area contributed by atoms with Gasteiger partial charge in [-0.3, -0.25) is 4.79 Å². The van der Waals surface area contributed by atoms with Crippen LogP contribution >= 0.6 is 0 Å². The fourth-order valence-corrected chi connectivity index (χ4v) is 1.66. The second kappa shape index (κ2) is 3.90. The molecule has 1 unspecified atom stereocenters. The lowest BCUT2D eigenvalue weighted by atomic mass is 10.1. The van der Waals surface area contributed by atoms with Gasteiger partial charge >= 0.3 is 0 Å². The normalized spacial score (nSPS) is 25.2. The minimum absolute atomic E-state index is 0.128. The van der Waals surface area contributed by atoms with Gasteiger partial charge in [0.15, 0.2) is 0 Å². The smallest absolute Gasteiger partial charge is 0.249 e. The van der Waals surface area contributed by atoms with Gasteiger partial charge in [0, 0.05) is 6.04 Å². The van der Waals surface area contributed by atoms with E-state index in [2.05, 4.69) is 6.92 Å². The van der Waals surface area contributed by atoms with E-state index in [1.165, 1.54) is 0 Å². The molecule has 1 aliphatic heterocycles. The zero-order valence-electron chi connectivity index (χ0n) is 8.04. The van der Waals surface area contributed by atoms with Gasteiger partial charge in [0.25, 0.3) is 0 Å². The molecule has 0 aromatic heterocycles. The Labute approximate surface area is 73.7 Å². The molecule has 1 aliphatic rings. The molecule has 1 amide bonds. The maximum atomic E-state index is 11.4. The van der Waals surface area contributed by atoms with Crippen LogP contribution in [0.25, 0.3) is 0 Å². The lowest BCUT2D eigenvalue weighted by Crippen LogP contribution is -2.52. The van der Waals surface area contributed by atoms with Gasteiger partial charge in [-0.05, 0) is 20.3 Å². The fourth-order valence-electron chi connectivity index (χ4n) is 1.66. The highest BCUT2D eigenvalue weighted by atomic mass is 16.5. The predicted molar refractivity (Wildman–Crippen MR) is 46.9 cm³/mol. The molecular formula is C9H17NO2. The first-order chi connectivity index (χ1) is 5.66. The number of amides is 1. The third kappa shape index (κ3) is 1.78. The van der Waals surface area contributed by atoms with Crippen molar-refractivity contribution in [2.24, 2.45) is 0 Å². The summed E-state index contributed by atoms with van der Waals surface area (Å²) < 4.78 is 5.17. The molecule has 70 valence electrons. The van der Waals surface area contributed by atoms with Crippen LogP contribution in [0.5, 0.6) is 0 Å². The molecule has 3 nitrogen and oxygen atoms in total. The lowest BCUT2D eigenvalue weighted by Gasteiger charge is -2.37. The van der Waals surface area contributed by atoms with Gasteiger partial charge in [-0.25, -0.2) is 0 Å². The number of hydrogen-bond acceptors (Lipinski definition) is 2. The topological polar surface area (TPSA) is 29.5 Å². The van der Waals surface area contributed by atoms with Crippen molar-refractivity contribution >= 4 is 5.91 Å². The molecule has 3 heteroatoms. The van der Waals surface area contributed by atoms with Crippen LogP contribution in [0.3, 0.4) is 0 Å². The second-order valence-corrected chi connectivity index (χ2v) is 3.47. The Bertz CT molecular complexity index is 168. The standard InChI is InChI=1S/C9H17NO2/c1-4-8-5-12-6-9(11)10(8)7(2)3/h7-8H,4-6H2,1-3H3. The summed E-state index contributed by atoms with van der Waals surface area (Å²) >= 11 is 0. The second-order valence-electron chi connectivity index (χ2n) is 3.47. The number of morpholine rings is 1. The summed E-state index contributed by atoms with van der Waals surface area (Å²) in [4.78, 5) is 13.3. The van der Waals surface area contributed by atoms with Crippen LogP contribution in [0.2, 0.25) is 0 Å². The maximum absolute atomic E-state index is 11.4. The third-order valence-corrected chi connectivity index (χ3v) is 2.24. The molecule has 0 radical (unpaired) electrons. The van der Waals surface area contributed by atoms with Gasteiger partial charge in [-0.2, -0.15) is 0 Å². The summed E-state index contributed by atoms with van der Waals surface area (Å²) in [6.07, 6.45) is 0.976. The van der Waals surface area contributed by atoms with E-state index in [1.807, 2.05) is 18.7 Å². The van der Waals surface area contributed by atoms with Crippen LogP contribution in [0, 0.1) is 0 Å². The van der Waals surface area contributed by atoms with E-state index < -0.39 is 0 Å². The molecule has 0 aromatic carbocycles. The van der Waals surface area contributed by atoms with E-state index in [4.69, 9.17) is 4.74 Å². The molecule has 0 saturated carbocycles. The van der Waals surface area contributed by atoms with E-state index in [9.17, 15) is 4.79 Å². The van der Waals surface area contributed by atoms with Gasteiger partial charge in [0.1, 0.15) is 6.61 Å². The van der Waals surface area contributed by atoms with Gasteiger partial charge in [-0.1, -0.05) is 6.92 Å². The Morgan fingerprint density at radius 1 is 1.67 bits per heavy atom. The first kappa shape index (κ1) is 9.52. The van der Waals surface area contributed by atoms with Crippen molar-refractivity contribution in [2.75, 3.05) is 13.2 Å². The van der Waals surface area contributed by atoms with Crippen molar-refractivity contribution in [1.82, 2.24) is 4.90 Å². The van der Waals surface area contributed by atoms with E-state index in [-0.39, 0.29) is 18.6 Å². The minimum atomic E-state index is 0.128. The van der Waals surface area contributed by atoms with E-state index in [0.29, 0.717) is 12.6 Å². The Morgan fingerprint density at radius 3 is 2.75 bits per heavy atom. The molecule has 1 heterocycles. The molecule has 0 spiro atoms. The SMILES string of the molecule is CCC1COCC(=O)N1C(C)C. The van der Waals surface area contributed by atoms with Crippen molar-refractivity contribution in [2.45, 2.75) is 39.3 Å². The first-order valence-electron chi connectivity index (χ1n) is 4.55. The summed E-state index contributed by atoms with van der Waals surface area (Å²) in [6, 6.07) is 0.581. The fraction of sp³-hybridized carbons (Fsp3) is 0.889. The number of ether oxygens (including phenoxy) is 1. The zero-order chi connectivity index (χ0) is 9.14. The minimum Gasteiger partial charge on any atom is -0.369 e. The first-order valence-corrected chi connectivity index (χ1v) is 4.55. The number of carbonyl (C=O) groups excluding carboxylic acids is 1. The van der Waals surface area contributed by atoms with Crippen molar-refractivity contribution < 1.29 is 9.53 Å². The highest BCUT2D eigenvalue weighted by Gasteiger charge is 2.28. The molecule has 0 aromatic rings. The zero-order valence-corrected chi connectivity index (χ0v) is 8.04. The van der Waals surface area contributed by atoms with Gasteiger partial charge in [0.05, 0.1) is 12.6 Å². The number of carbonyl (C=O) groups is 1. The highest BCUT2D eigenvalue weighted by molar-refractivity contribution is 5.78. The molecule has 1 fully saturated rings. The third-order valence-electron chi connectivity index (χ3n) is 2.24. The summed E-state index contributed by atoms with van der Waals surface area (Å²) in [7, 11) is 0. The lowest BCUT2D eigenvalue weighted by molar-refractivity contribution is -0.150. The van der Waals surface area contributed by atoms with E-state index in [0.717, 1.165) is 6.42 Å². The van der Waals surface area contributed by atoms with Crippen LogP contribution in [0.4, 0.5) is 0 Å². The number of nitrogens with zero attached hydrogens (tertiary/aromatic N) is 1. The highest BCUT2D eigenvalue weighted by Crippen LogP contribution is 2.14.